The molecule has 0 bridgehead atoms. The number of rotatable bonds is 2. The van der Waals surface area contributed by atoms with Crippen LogP contribution in [-0.4, -0.2) is 21.9 Å². The predicted octanol–water partition coefficient (Wildman–Crippen LogP) is 2.45. The number of carbonyl (C=O) groups is 1. The van der Waals surface area contributed by atoms with Crippen LogP contribution in [0.3, 0.4) is 0 Å². The fourth-order valence-electron chi connectivity index (χ4n) is 2.47. The Morgan fingerprint density at radius 2 is 1.94 bits per heavy atom. The average molecular weight is 240 g/mol. The van der Waals surface area contributed by atoms with Crippen LogP contribution < -0.4 is 0 Å². The molecule has 0 saturated carbocycles. The lowest BCUT2D eigenvalue weighted by Crippen LogP contribution is -2.39. The first-order valence-corrected chi connectivity index (χ1v) is 6.24. The van der Waals surface area contributed by atoms with Gasteiger partial charge in [0, 0.05) is 25.8 Å². The zero-order valence-corrected chi connectivity index (χ0v) is 10.5. The van der Waals surface area contributed by atoms with Gasteiger partial charge in [-0.1, -0.05) is 30.3 Å². The molecule has 0 aliphatic carbocycles. The van der Waals surface area contributed by atoms with Crippen LogP contribution >= 0.6 is 0 Å². The van der Waals surface area contributed by atoms with E-state index in [1.54, 1.807) is 0 Å². The summed E-state index contributed by atoms with van der Waals surface area (Å²) < 4.78 is 2.05. The van der Waals surface area contributed by atoms with E-state index in [4.69, 9.17) is 0 Å². The first kappa shape index (κ1) is 11.1. The maximum atomic E-state index is 12.3. The molecule has 0 N–H and O–H groups in total. The second-order valence-corrected chi connectivity index (χ2v) is 4.81. The molecule has 0 spiro atoms. The second kappa shape index (κ2) is 4.33. The molecule has 1 aromatic heterocycles. The Hall–Kier alpha value is -2.03. The first-order valence-electron chi connectivity index (χ1n) is 6.24. The van der Waals surface area contributed by atoms with Crippen LogP contribution in [0.5, 0.6) is 0 Å². The number of benzene rings is 1. The standard InChI is InChI=1S/C15H16N2O/c1-12-9-14-15(18)17(8-7-16(14)10-12)11-13-5-3-2-4-6-13/h2-6,9-10H,7-8,11H2,1H3. The minimum Gasteiger partial charge on any atom is -0.341 e. The zero-order valence-electron chi connectivity index (χ0n) is 10.5. The largest absolute Gasteiger partial charge is 0.341 e. The monoisotopic (exact) mass is 240 g/mol. The summed E-state index contributed by atoms with van der Waals surface area (Å²) in [7, 11) is 0. The molecule has 1 amide bonds. The van der Waals surface area contributed by atoms with Gasteiger partial charge >= 0.3 is 0 Å². The van der Waals surface area contributed by atoms with E-state index in [0.29, 0.717) is 6.54 Å². The van der Waals surface area contributed by atoms with E-state index in [2.05, 4.69) is 16.7 Å². The van der Waals surface area contributed by atoms with E-state index in [1.165, 1.54) is 5.56 Å². The highest BCUT2D eigenvalue weighted by Crippen LogP contribution is 2.17. The van der Waals surface area contributed by atoms with Gasteiger partial charge in [0.05, 0.1) is 0 Å². The number of nitrogens with zero attached hydrogens (tertiary/aromatic N) is 2. The van der Waals surface area contributed by atoms with Gasteiger partial charge in [0.25, 0.3) is 5.91 Å². The van der Waals surface area contributed by atoms with Crippen LogP contribution in [0.4, 0.5) is 0 Å². The Bertz CT molecular complexity index is 571. The van der Waals surface area contributed by atoms with Gasteiger partial charge < -0.3 is 9.47 Å². The summed E-state index contributed by atoms with van der Waals surface area (Å²) in [6.45, 7) is 4.40. The third kappa shape index (κ3) is 1.92. The minimum atomic E-state index is 0.137. The van der Waals surface area contributed by atoms with Crippen molar-refractivity contribution in [3.8, 4) is 0 Å². The number of fused-ring (bicyclic) bond motifs is 1. The van der Waals surface area contributed by atoms with Crippen LogP contribution in [0.2, 0.25) is 0 Å². The number of carbonyl (C=O) groups excluding carboxylic acids is 1. The van der Waals surface area contributed by atoms with Crippen LogP contribution in [0.15, 0.2) is 42.6 Å². The van der Waals surface area contributed by atoms with Gasteiger partial charge in [-0.05, 0) is 24.1 Å². The van der Waals surface area contributed by atoms with Crippen molar-refractivity contribution in [3.63, 3.8) is 0 Å². The van der Waals surface area contributed by atoms with Gasteiger partial charge in [0.1, 0.15) is 5.69 Å². The molecular weight excluding hydrogens is 224 g/mol. The zero-order chi connectivity index (χ0) is 12.5. The third-order valence-corrected chi connectivity index (χ3v) is 3.37. The molecule has 18 heavy (non-hydrogen) atoms. The van der Waals surface area contributed by atoms with E-state index < -0.39 is 0 Å². The molecule has 0 fully saturated rings. The molecule has 1 aromatic carbocycles. The number of aromatic nitrogens is 1. The lowest BCUT2D eigenvalue weighted by atomic mass is 10.2. The molecule has 92 valence electrons. The molecular formula is C15H16N2O. The van der Waals surface area contributed by atoms with Gasteiger partial charge in [-0.2, -0.15) is 0 Å². The van der Waals surface area contributed by atoms with Gasteiger partial charge in [-0.25, -0.2) is 0 Å². The van der Waals surface area contributed by atoms with Crippen LogP contribution in [0.1, 0.15) is 21.6 Å². The van der Waals surface area contributed by atoms with Crippen molar-refractivity contribution in [1.29, 1.82) is 0 Å². The highest BCUT2D eigenvalue weighted by atomic mass is 16.2. The topological polar surface area (TPSA) is 25.2 Å². The summed E-state index contributed by atoms with van der Waals surface area (Å²) in [6.07, 6.45) is 2.05. The van der Waals surface area contributed by atoms with Crippen molar-refractivity contribution < 1.29 is 4.79 Å². The number of hydrogen-bond donors (Lipinski definition) is 0. The molecule has 3 heteroatoms. The van der Waals surface area contributed by atoms with Crippen molar-refractivity contribution in [2.24, 2.45) is 0 Å². The number of hydrogen-bond acceptors (Lipinski definition) is 1. The molecule has 3 rings (SSSR count). The van der Waals surface area contributed by atoms with E-state index in [-0.39, 0.29) is 5.91 Å². The summed E-state index contributed by atoms with van der Waals surface area (Å²) in [6, 6.07) is 12.1. The molecule has 0 atom stereocenters. The lowest BCUT2D eigenvalue weighted by molar-refractivity contribution is 0.0691. The van der Waals surface area contributed by atoms with Crippen LogP contribution in [-0.2, 0) is 13.1 Å². The van der Waals surface area contributed by atoms with Gasteiger partial charge in [-0.15, -0.1) is 0 Å². The average Bonchev–Trinajstić information content (AvgIpc) is 2.76. The van der Waals surface area contributed by atoms with E-state index in [0.717, 1.165) is 24.3 Å². The van der Waals surface area contributed by atoms with E-state index in [9.17, 15) is 4.79 Å². The Labute approximate surface area is 107 Å². The summed E-state index contributed by atoms with van der Waals surface area (Å²) in [4.78, 5) is 14.3. The first-order chi connectivity index (χ1) is 8.74. The summed E-state index contributed by atoms with van der Waals surface area (Å²) in [5.74, 6) is 0.137. The Morgan fingerprint density at radius 1 is 1.17 bits per heavy atom. The maximum Gasteiger partial charge on any atom is 0.270 e. The molecule has 0 unspecified atom stereocenters. The fraction of sp³-hybridized carbons (Fsp3) is 0.267. The van der Waals surface area contributed by atoms with Crippen molar-refractivity contribution in [2.45, 2.75) is 20.0 Å². The molecule has 3 nitrogen and oxygen atoms in total. The molecule has 0 saturated heterocycles. The number of amides is 1. The smallest absolute Gasteiger partial charge is 0.270 e. The third-order valence-electron chi connectivity index (χ3n) is 3.37. The normalized spacial score (nSPS) is 14.7. The van der Waals surface area contributed by atoms with Crippen molar-refractivity contribution in [2.75, 3.05) is 6.54 Å². The predicted molar refractivity (Wildman–Crippen MR) is 70.4 cm³/mol. The Kier molecular flexibility index (Phi) is 2.67. The van der Waals surface area contributed by atoms with Gasteiger partial charge in [0.2, 0.25) is 0 Å². The molecule has 2 heterocycles. The second-order valence-electron chi connectivity index (χ2n) is 4.81. The highest BCUT2D eigenvalue weighted by molar-refractivity contribution is 5.93. The Balaban J connectivity index is 1.82. The molecule has 0 radical (unpaired) electrons. The quantitative estimate of drug-likeness (QED) is 0.791. The van der Waals surface area contributed by atoms with Gasteiger partial charge in [0.15, 0.2) is 0 Å². The van der Waals surface area contributed by atoms with Gasteiger partial charge in [-0.3, -0.25) is 4.79 Å². The van der Waals surface area contributed by atoms with E-state index in [1.807, 2.05) is 42.3 Å². The molecule has 1 aliphatic heterocycles. The number of aryl methyl sites for hydroxylation is 1. The van der Waals surface area contributed by atoms with Crippen molar-refractivity contribution in [3.05, 3.63) is 59.4 Å². The summed E-state index contributed by atoms with van der Waals surface area (Å²) in [5.41, 5.74) is 3.15. The van der Waals surface area contributed by atoms with Crippen LogP contribution in [0, 0.1) is 6.92 Å². The summed E-state index contributed by atoms with van der Waals surface area (Å²) >= 11 is 0. The Morgan fingerprint density at radius 3 is 2.72 bits per heavy atom. The SMILES string of the molecule is Cc1cc2n(c1)CCN(Cc1ccccc1)C2=O. The lowest BCUT2D eigenvalue weighted by Gasteiger charge is -2.28. The van der Waals surface area contributed by atoms with E-state index >= 15 is 0 Å². The molecule has 1 aliphatic rings. The van der Waals surface area contributed by atoms with Crippen molar-refractivity contribution >= 4 is 5.91 Å². The fourth-order valence-corrected chi connectivity index (χ4v) is 2.47. The van der Waals surface area contributed by atoms with Crippen molar-refractivity contribution in [1.82, 2.24) is 9.47 Å². The van der Waals surface area contributed by atoms with Crippen LogP contribution in [0.25, 0.3) is 0 Å². The maximum absolute atomic E-state index is 12.3. The highest BCUT2D eigenvalue weighted by Gasteiger charge is 2.24. The molecule has 2 aromatic rings. The summed E-state index contributed by atoms with van der Waals surface area (Å²) in [5, 5.41) is 0. The minimum absolute atomic E-state index is 0.137.